The number of amides is 2. The van der Waals surface area contributed by atoms with Crippen molar-refractivity contribution >= 4 is 61.4 Å². The lowest BCUT2D eigenvalue weighted by atomic mass is 10.1. The normalized spacial score (nSPS) is 16.3. The quantitative estimate of drug-likeness (QED) is 0.614. The highest BCUT2D eigenvalue weighted by atomic mass is 32.1. The summed E-state index contributed by atoms with van der Waals surface area (Å²) in [6.45, 7) is 5.95. The molecule has 1 aromatic carbocycles. The molecule has 0 aliphatic carbocycles. The lowest BCUT2D eigenvalue weighted by Gasteiger charge is -2.16. The van der Waals surface area contributed by atoms with Crippen molar-refractivity contribution in [2.75, 3.05) is 23.9 Å². The zero-order valence-electron chi connectivity index (χ0n) is 17.1. The molecule has 1 N–H and O–H groups in total. The third kappa shape index (κ3) is 3.59. The second-order valence-corrected chi connectivity index (χ2v) is 9.72. The van der Waals surface area contributed by atoms with Crippen LogP contribution in [-0.4, -0.2) is 36.4 Å². The Morgan fingerprint density at radius 1 is 1.23 bits per heavy atom. The molecule has 0 spiro atoms. The van der Waals surface area contributed by atoms with Crippen LogP contribution < -0.4 is 10.2 Å². The molecule has 2 amide bonds. The van der Waals surface area contributed by atoms with Gasteiger partial charge in [0.2, 0.25) is 11.8 Å². The summed E-state index contributed by atoms with van der Waals surface area (Å²) in [6, 6.07) is 5.73. The molecule has 2 aromatic heterocycles. The van der Waals surface area contributed by atoms with Gasteiger partial charge in [0, 0.05) is 23.5 Å². The molecule has 1 aliphatic heterocycles. The number of benzene rings is 1. The predicted octanol–water partition coefficient (Wildman–Crippen LogP) is 4.06. The van der Waals surface area contributed by atoms with Gasteiger partial charge in [0.1, 0.15) is 5.00 Å². The average Bonchev–Trinajstić information content (AvgIpc) is 3.35. The number of aromatic nitrogens is 1. The second-order valence-electron chi connectivity index (χ2n) is 7.26. The van der Waals surface area contributed by atoms with E-state index >= 15 is 0 Å². The van der Waals surface area contributed by atoms with Crippen LogP contribution in [0.3, 0.4) is 0 Å². The lowest BCUT2D eigenvalue weighted by molar-refractivity contribution is -0.122. The van der Waals surface area contributed by atoms with Crippen molar-refractivity contribution in [2.24, 2.45) is 5.92 Å². The van der Waals surface area contributed by atoms with Gasteiger partial charge in [0.05, 0.1) is 33.8 Å². The lowest BCUT2D eigenvalue weighted by Crippen LogP contribution is -2.28. The number of thiazole rings is 1. The molecule has 3 aromatic rings. The van der Waals surface area contributed by atoms with Crippen molar-refractivity contribution in [3.63, 3.8) is 0 Å². The van der Waals surface area contributed by atoms with E-state index in [-0.39, 0.29) is 24.8 Å². The Kier molecular flexibility index (Phi) is 5.33. The Morgan fingerprint density at radius 2 is 2.00 bits per heavy atom. The van der Waals surface area contributed by atoms with E-state index in [1.165, 1.54) is 18.4 Å². The molecule has 1 unspecified atom stereocenters. The zero-order chi connectivity index (χ0) is 21.6. The first kappa shape index (κ1) is 20.5. The molecule has 1 aliphatic rings. The van der Waals surface area contributed by atoms with Gasteiger partial charge in [-0.05, 0) is 44.5 Å². The van der Waals surface area contributed by atoms with Gasteiger partial charge in [-0.1, -0.05) is 0 Å². The summed E-state index contributed by atoms with van der Waals surface area (Å²) in [5.74, 6) is -1.36. The standard InChI is InChI=1S/C21H21N3O4S2/c1-10-11(2)29-20(18(10)21(27)28-4)23-19(26)13-7-17(25)24(9-13)14-5-6-16-15(8-14)22-12(3)30-16/h5-6,8,13H,7,9H2,1-4H3,(H,23,26). The van der Waals surface area contributed by atoms with Gasteiger partial charge in [-0.15, -0.1) is 22.7 Å². The summed E-state index contributed by atoms with van der Waals surface area (Å²) in [4.78, 5) is 44.7. The second kappa shape index (κ2) is 7.81. The Morgan fingerprint density at radius 3 is 2.73 bits per heavy atom. The fourth-order valence-electron chi connectivity index (χ4n) is 3.61. The van der Waals surface area contributed by atoms with Gasteiger partial charge in [0.15, 0.2) is 0 Å². The van der Waals surface area contributed by atoms with E-state index < -0.39 is 11.9 Å². The van der Waals surface area contributed by atoms with Crippen LogP contribution in [0.25, 0.3) is 10.2 Å². The Balaban J connectivity index is 1.53. The van der Waals surface area contributed by atoms with Gasteiger partial charge in [-0.25, -0.2) is 9.78 Å². The molecule has 7 nitrogen and oxygen atoms in total. The monoisotopic (exact) mass is 443 g/mol. The van der Waals surface area contributed by atoms with Crippen molar-refractivity contribution in [3.8, 4) is 0 Å². The van der Waals surface area contributed by atoms with Crippen LogP contribution in [0.4, 0.5) is 10.7 Å². The van der Waals surface area contributed by atoms with Crippen LogP contribution in [-0.2, 0) is 14.3 Å². The molecule has 0 saturated carbocycles. The first-order chi connectivity index (χ1) is 14.3. The van der Waals surface area contributed by atoms with Crippen molar-refractivity contribution < 1.29 is 19.1 Å². The third-order valence-corrected chi connectivity index (χ3v) is 7.37. The third-order valence-electron chi connectivity index (χ3n) is 5.30. The highest BCUT2D eigenvalue weighted by molar-refractivity contribution is 7.18. The smallest absolute Gasteiger partial charge is 0.341 e. The van der Waals surface area contributed by atoms with E-state index in [2.05, 4.69) is 10.3 Å². The van der Waals surface area contributed by atoms with Crippen LogP contribution in [0.15, 0.2) is 18.2 Å². The number of nitrogens with zero attached hydrogens (tertiary/aromatic N) is 2. The summed E-state index contributed by atoms with van der Waals surface area (Å²) < 4.78 is 5.92. The molecule has 9 heteroatoms. The number of carbonyl (C=O) groups is 3. The summed E-state index contributed by atoms with van der Waals surface area (Å²) in [7, 11) is 1.31. The van der Waals surface area contributed by atoms with Crippen LogP contribution in [0.2, 0.25) is 0 Å². The number of carbonyl (C=O) groups excluding carboxylic acids is 3. The largest absolute Gasteiger partial charge is 0.465 e. The Labute approximate surface area is 181 Å². The van der Waals surface area contributed by atoms with Gasteiger partial charge in [0.25, 0.3) is 0 Å². The highest BCUT2D eigenvalue weighted by Crippen LogP contribution is 2.35. The van der Waals surface area contributed by atoms with Crippen LogP contribution in [0.1, 0.15) is 32.2 Å². The average molecular weight is 444 g/mol. The van der Waals surface area contributed by atoms with Crippen molar-refractivity contribution in [1.82, 2.24) is 4.98 Å². The molecule has 1 fully saturated rings. The van der Waals surface area contributed by atoms with E-state index in [0.29, 0.717) is 10.6 Å². The number of ether oxygens (including phenoxy) is 1. The molecule has 0 bridgehead atoms. The van der Waals surface area contributed by atoms with Gasteiger partial charge < -0.3 is 15.0 Å². The van der Waals surface area contributed by atoms with Gasteiger partial charge in [-0.3, -0.25) is 9.59 Å². The summed E-state index contributed by atoms with van der Waals surface area (Å²) in [5, 5.41) is 4.28. The molecule has 30 heavy (non-hydrogen) atoms. The van der Waals surface area contributed by atoms with E-state index in [9.17, 15) is 14.4 Å². The number of nitrogens with one attached hydrogen (secondary N) is 1. The van der Waals surface area contributed by atoms with Crippen LogP contribution in [0.5, 0.6) is 0 Å². The number of esters is 1. The minimum atomic E-state index is -0.501. The maximum atomic E-state index is 12.9. The van der Waals surface area contributed by atoms with Gasteiger partial charge >= 0.3 is 5.97 Å². The van der Waals surface area contributed by atoms with E-state index in [4.69, 9.17) is 4.74 Å². The van der Waals surface area contributed by atoms with Crippen molar-refractivity contribution in [3.05, 3.63) is 39.2 Å². The molecular formula is C21H21N3O4S2. The number of methoxy groups -OCH3 is 1. The minimum Gasteiger partial charge on any atom is -0.465 e. The van der Waals surface area contributed by atoms with E-state index in [1.54, 1.807) is 16.2 Å². The summed E-state index contributed by atoms with van der Waals surface area (Å²) in [5.41, 5.74) is 2.76. The zero-order valence-corrected chi connectivity index (χ0v) is 18.7. The number of fused-ring (bicyclic) bond motifs is 1. The Bertz CT molecular complexity index is 1180. The predicted molar refractivity (Wildman–Crippen MR) is 119 cm³/mol. The number of hydrogen-bond donors (Lipinski definition) is 1. The fourth-order valence-corrected chi connectivity index (χ4v) is 5.47. The maximum absolute atomic E-state index is 12.9. The minimum absolute atomic E-state index is 0.104. The molecular weight excluding hydrogens is 422 g/mol. The fraction of sp³-hybridized carbons (Fsp3) is 0.333. The Hall–Kier alpha value is -2.78. The highest BCUT2D eigenvalue weighted by Gasteiger charge is 2.36. The molecule has 3 heterocycles. The number of anilines is 2. The number of hydrogen-bond acceptors (Lipinski definition) is 7. The molecule has 156 valence electrons. The molecule has 4 rings (SSSR count). The first-order valence-electron chi connectivity index (χ1n) is 9.45. The number of aryl methyl sites for hydroxylation is 2. The number of thiophene rings is 1. The topological polar surface area (TPSA) is 88.6 Å². The number of rotatable bonds is 4. The van der Waals surface area contributed by atoms with Crippen LogP contribution >= 0.6 is 22.7 Å². The van der Waals surface area contributed by atoms with E-state index in [0.717, 1.165) is 31.4 Å². The van der Waals surface area contributed by atoms with Crippen molar-refractivity contribution in [2.45, 2.75) is 27.2 Å². The van der Waals surface area contributed by atoms with Crippen molar-refractivity contribution in [1.29, 1.82) is 0 Å². The molecule has 1 saturated heterocycles. The van der Waals surface area contributed by atoms with Crippen LogP contribution in [0, 0.1) is 26.7 Å². The summed E-state index contributed by atoms with van der Waals surface area (Å²) >= 11 is 2.94. The van der Waals surface area contributed by atoms with E-state index in [1.807, 2.05) is 39.0 Å². The molecule has 0 radical (unpaired) electrons. The first-order valence-corrected chi connectivity index (χ1v) is 11.1. The summed E-state index contributed by atoms with van der Waals surface area (Å²) in [6.07, 6.45) is 0.122. The SMILES string of the molecule is COC(=O)c1c(NC(=O)C2CC(=O)N(c3ccc4sc(C)nc4c3)C2)sc(C)c1C. The molecule has 1 atom stereocenters. The maximum Gasteiger partial charge on any atom is 0.341 e. The van der Waals surface area contributed by atoms with Gasteiger partial charge in [-0.2, -0.15) is 0 Å².